The van der Waals surface area contributed by atoms with Crippen molar-refractivity contribution in [2.75, 3.05) is 19.6 Å². The fraction of sp³-hybridized carbons (Fsp3) is 0.941. The highest BCUT2D eigenvalue weighted by Crippen LogP contribution is 2.30. The van der Waals surface area contributed by atoms with Crippen LogP contribution >= 0.6 is 12.4 Å². The van der Waals surface area contributed by atoms with E-state index >= 15 is 0 Å². The highest BCUT2D eigenvalue weighted by molar-refractivity contribution is 5.85. The predicted molar refractivity (Wildman–Crippen MR) is 94.5 cm³/mol. The number of hydrogen-bond acceptors (Lipinski definition) is 2. The highest BCUT2D eigenvalue weighted by atomic mass is 35.5. The van der Waals surface area contributed by atoms with E-state index < -0.39 is 0 Å². The van der Waals surface area contributed by atoms with E-state index in [1.165, 1.54) is 51.6 Å². The Morgan fingerprint density at radius 1 is 1.23 bits per heavy atom. The summed E-state index contributed by atoms with van der Waals surface area (Å²) in [6.07, 6.45) is 9.96. The molecule has 0 radical (unpaired) electrons. The third kappa shape index (κ3) is 5.02. The molecule has 0 bridgehead atoms. The lowest BCUT2D eigenvalue weighted by atomic mass is 9.85. The van der Waals surface area contributed by atoms with Gasteiger partial charge in [-0.25, -0.2) is 4.79 Å². The zero-order valence-corrected chi connectivity index (χ0v) is 15.1. The summed E-state index contributed by atoms with van der Waals surface area (Å²) >= 11 is 0. The molecule has 2 rings (SSSR count). The molecule has 0 aliphatic carbocycles. The second-order valence-corrected chi connectivity index (χ2v) is 6.99. The van der Waals surface area contributed by atoms with Gasteiger partial charge in [0, 0.05) is 18.6 Å². The number of piperidine rings is 2. The van der Waals surface area contributed by atoms with Crippen molar-refractivity contribution in [1.82, 2.24) is 9.80 Å². The number of primary amides is 1. The van der Waals surface area contributed by atoms with Gasteiger partial charge in [-0.05, 0) is 51.1 Å². The molecule has 0 aromatic carbocycles. The van der Waals surface area contributed by atoms with Crippen LogP contribution in [0.25, 0.3) is 0 Å². The Hall–Kier alpha value is -0.480. The number of carbonyl (C=O) groups excluding carboxylic acids is 1. The van der Waals surface area contributed by atoms with E-state index in [1.807, 2.05) is 4.90 Å². The maximum Gasteiger partial charge on any atom is 0.315 e. The molecule has 130 valence electrons. The molecule has 5 heteroatoms. The number of likely N-dealkylation sites (tertiary alicyclic amines) is 2. The molecule has 0 spiro atoms. The summed E-state index contributed by atoms with van der Waals surface area (Å²) in [5.41, 5.74) is 5.62. The first-order valence-corrected chi connectivity index (χ1v) is 8.93. The van der Waals surface area contributed by atoms with Gasteiger partial charge in [-0.3, -0.25) is 0 Å². The van der Waals surface area contributed by atoms with Gasteiger partial charge < -0.3 is 15.5 Å². The molecule has 4 nitrogen and oxygen atoms in total. The van der Waals surface area contributed by atoms with Gasteiger partial charge in [-0.2, -0.15) is 0 Å². The number of amides is 2. The maximum atomic E-state index is 11.8. The minimum absolute atomic E-state index is 0. The first-order valence-electron chi connectivity index (χ1n) is 8.93. The largest absolute Gasteiger partial charge is 0.351 e. The second-order valence-electron chi connectivity index (χ2n) is 6.99. The van der Waals surface area contributed by atoms with Gasteiger partial charge in [0.15, 0.2) is 0 Å². The van der Waals surface area contributed by atoms with Crippen LogP contribution in [0.2, 0.25) is 0 Å². The molecule has 2 aliphatic heterocycles. The average molecular weight is 332 g/mol. The van der Waals surface area contributed by atoms with Gasteiger partial charge >= 0.3 is 6.03 Å². The third-order valence-corrected chi connectivity index (χ3v) is 5.48. The smallest absolute Gasteiger partial charge is 0.315 e. The fourth-order valence-electron chi connectivity index (χ4n) is 4.12. The molecular formula is C17H34ClN3O. The lowest BCUT2D eigenvalue weighted by molar-refractivity contribution is 0.0526. The van der Waals surface area contributed by atoms with Crippen LogP contribution in [-0.2, 0) is 0 Å². The summed E-state index contributed by atoms with van der Waals surface area (Å²) in [5.74, 6) is 0.560. The summed E-state index contributed by atoms with van der Waals surface area (Å²) in [5, 5.41) is 0. The number of carbonyl (C=O) groups is 1. The lowest BCUT2D eigenvalue weighted by Gasteiger charge is -2.46. The molecule has 2 saturated heterocycles. The Kier molecular flexibility index (Phi) is 8.55. The number of unbranched alkanes of at least 4 members (excludes halogenated alkanes) is 1. The zero-order chi connectivity index (χ0) is 15.2. The van der Waals surface area contributed by atoms with Crippen LogP contribution in [0.4, 0.5) is 4.79 Å². The minimum Gasteiger partial charge on any atom is -0.351 e. The topological polar surface area (TPSA) is 49.6 Å². The highest BCUT2D eigenvalue weighted by Gasteiger charge is 2.36. The lowest BCUT2D eigenvalue weighted by Crippen LogP contribution is -2.56. The fourth-order valence-corrected chi connectivity index (χ4v) is 4.12. The number of rotatable bonds is 5. The van der Waals surface area contributed by atoms with Crippen LogP contribution in [0.1, 0.15) is 65.2 Å². The van der Waals surface area contributed by atoms with E-state index in [1.54, 1.807) is 0 Å². The third-order valence-electron chi connectivity index (χ3n) is 5.48. The zero-order valence-electron chi connectivity index (χ0n) is 14.3. The average Bonchev–Trinajstić information content (AvgIpc) is 2.52. The van der Waals surface area contributed by atoms with Gasteiger partial charge in [-0.15, -0.1) is 12.4 Å². The van der Waals surface area contributed by atoms with Gasteiger partial charge in [0.25, 0.3) is 0 Å². The summed E-state index contributed by atoms with van der Waals surface area (Å²) in [6, 6.07) is 0.783. The van der Waals surface area contributed by atoms with Crippen LogP contribution in [0, 0.1) is 5.92 Å². The van der Waals surface area contributed by atoms with Crippen molar-refractivity contribution >= 4 is 18.4 Å². The molecule has 0 aromatic heterocycles. The predicted octanol–water partition coefficient (Wildman–Crippen LogP) is 3.63. The first-order chi connectivity index (χ1) is 10.1. The quantitative estimate of drug-likeness (QED) is 0.836. The number of urea groups is 1. The Bertz CT molecular complexity index is 334. The number of nitrogens with zero attached hydrogens (tertiary/aromatic N) is 2. The van der Waals surface area contributed by atoms with Gasteiger partial charge in [0.05, 0.1) is 0 Å². The van der Waals surface area contributed by atoms with Crippen molar-refractivity contribution in [1.29, 1.82) is 0 Å². The van der Waals surface area contributed by atoms with Crippen molar-refractivity contribution in [2.24, 2.45) is 11.7 Å². The van der Waals surface area contributed by atoms with Crippen LogP contribution in [0.3, 0.4) is 0 Å². The molecule has 2 unspecified atom stereocenters. The summed E-state index contributed by atoms with van der Waals surface area (Å²) < 4.78 is 0. The molecule has 2 fully saturated rings. The molecule has 2 heterocycles. The molecule has 2 N–H and O–H groups in total. The molecule has 2 aliphatic rings. The van der Waals surface area contributed by atoms with Crippen LogP contribution < -0.4 is 5.73 Å². The molecule has 0 saturated carbocycles. The van der Waals surface area contributed by atoms with E-state index in [0.29, 0.717) is 18.0 Å². The van der Waals surface area contributed by atoms with Gasteiger partial charge in [0.2, 0.25) is 0 Å². The van der Waals surface area contributed by atoms with Crippen molar-refractivity contribution in [2.45, 2.75) is 77.3 Å². The summed E-state index contributed by atoms with van der Waals surface area (Å²) in [4.78, 5) is 16.4. The summed E-state index contributed by atoms with van der Waals surface area (Å²) in [6.45, 7) is 7.87. The number of hydrogen-bond donors (Lipinski definition) is 1. The van der Waals surface area contributed by atoms with Crippen LogP contribution in [-0.4, -0.2) is 47.5 Å². The number of nitrogens with two attached hydrogens (primary N) is 1. The van der Waals surface area contributed by atoms with Gasteiger partial charge in [-0.1, -0.05) is 33.1 Å². The number of halogens is 1. The Balaban J connectivity index is 0.00000242. The van der Waals surface area contributed by atoms with Crippen molar-refractivity contribution in [3.63, 3.8) is 0 Å². The maximum absolute atomic E-state index is 11.8. The van der Waals surface area contributed by atoms with E-state index in [0.717, 1.165) is 19.4 Å². The van der Waals surface area contributed by atoms with Crippen molar-refractivity contribution < 1.29 is 4.79 Å². The standard InChI is InChI=1S/C17H33N3O.ClH/c1-3-4-8-14(2)16-13-15(9-12-20(16)17(18)21)19-10-6-5-7-11-19;/h14-16H,3-13H2,1-2H3,(H2,18,21);1H/t14?,15?,16-;/m1./s1. The Morgan fingerprint density at radius 2 is 1.91 bits per heavy atom. The van der Waals surface area contributed by atoms with Gasteiger partial charge in [0.1, 0.15) is 0 Å². The molecule has 3 atom stereocenters. The van der Waals surface area contributed by atoms with Crippen LogP contribution in [0.15, 0.2) is 0 Å². The van der Waals surface area contributed by atoms with E-state index in [2.05, 4.69) is 18.7 Å². The molecule has 22 heavy (non-hydrogen) atoms. The van der Waals surface area contributed by atoms with E-state index in [4.69, 9.17) is 5.73 Å². The normalized spacial score (nSPS) is 28.0. The van der Waals surface area contributed by atoms with E-state index in [-0.39, 0.29) is 18.4 Å². The monoisotopic (exact) mass is 331 g/mol. The molecule has 2 amide bonds. The Morgan fingerprint density at radius 3 is 2.50 bits per heavy atom. The summed E-state index contributed by atoms with van der Waals surface area (Å²) in [7, 11) is 0. The van der Waals surface area contributed by atoms with E-state index in [9.17, 15) is 4.79 Å². The SMILES string of the molecule is CCCCC(C)[C@H]1CC(N2CCCCC2)CCN1C(N)=O.Cl. The van der Waals surface area contributed by atoms with Crippen LogP contribution in [0.5, 0.6) is 0 Å². The minimum atomic E-state index is -0.222. The van der Waals surface area contributed by atoms with Crippen molar-refractivity contribution in [3.8, 4) is 0 Å². The second kappa shape index (κ2) is 9.61. The molecular weight excluding hydrogens is 298 g/mol. The molecule has 0 aromatic rings. The Labute approximate surface area is 142 Å². The van der Waals surface area contributed by atoms with Crippen molar-refractivity contribution in [3.05, 3.63) is 0 Å². The first kappa shape index (κ1) is 19.6.